The zero-order valence-electron chi connectivity index (χ0n) is 16.5. The number of aromatic nitrogens is 1. The number of amides is 2. The van der Waals surface area contributed by atoms with Gasteiger partial charge in [-0.1, -0.05) is 25.8 Å². The van der Waals surface area contributed by atoms with Gasteiger partial charge in [0, 0.05) is 25.7 Å². The molecule has 0 spiro atoms. The van der Waals surface area contributed by atoms with Crippen molar-refractivity contribution >= 4 is 11.8 Å². The number of rotatable bonds is 10. The van der Waals surface area contributed by atoms with Gasteiger partial charge in [0.2, 0.25) is 5.91 Å². The van der Waals surface area contributed by atoms with Gasteiger partial charge in [-0.15, -0.1) is 0 Å². The second kappa shape index (κ2) is 10.5. The Morgan fingerprint density at radius 1 is 1.19 bits per heavy atom. The minimum absolute atomic E-state index is 0.0713. The molecule has 2 heterocycles. The van der Waals surface area contributed by atoms with E-state index in [4.69, 9.17) is 4.42 Å². The van der Waals surface area contributed by atoms with Crippen LogP contribution in [0.2, 0.25) is 0 Å². The predicted octanol–water partition coefficient (Wildman–Crippen LogP) is 3.63. The molecule has 0 aliphatic rings. The largest absolute Gasteiger partial charge is 0.466 e. The van der Waals surface area contributed by atoms with Crippen LogP contribution >= 0.6 is 0 Å². The molecule has 0 radical (unpaired) electrons. The Morgan fingerprint density at radius 2 is 2.00 bits per heavy atom. The van der Waals surface area contributed by atoms with Crippen molar-refractivity contribution in [2.24, 2.45) is 0 Å². The van der Waals surface area contributed by atoms with Crippen molar-refractivity contribution in [3.05, 3.63) is 53.2 Å². The summed E-state index contributed by atoms with van der Waals surface area (Å²) in [6.45, 7) is 7.18. The maximum atomic E-state index is 12.9. The first-order valence-electron chi connectivity index (χ1n) is 9.54. The van der Waals surface area contributed by atoms with Crippen LogP contribution in [-0.2, 0) is 11.3 Å². The van der Waals surface area contributed by atoms with E-state index in [0.717, 1.165) is 30.7 Å². The standard InChI is InChI=1S/C21H29N3O3/c1-4-5-8-12-24(21(26)19-14-16(2)27-17(19)3)13-10-20(25)23-15-18-9-6-7-11-22-18/h6-7,9,11,14H,4-5,8,10,12-13,15H2,1-3H3,(H,23,25). The number of hydrogen-bond acceptors (Lipinski definition) is 4. The Morgan fingerprint density at radius 3 is 2.63 bits per heavy atom. The third-order valence-electron chi connectivity index (χ3n) is 4.39. The summed E-state index contributed by atoms with van der Waals surface area (Å²) in [7, 11) is 0. The average molecular weight is 371 g/mol. The molecule has 2 aromatic rings. The van der Waals surface area contributed by atoms with Gasteiger partial charge in [-0.05, 0) is 38.5 Å². The Labute approximate surface area is 161 Å². The van der Waals surface area contributed by atoms with E-state index in [0.29, 0.717) is 31.0 Å². The number of nitrogens with zero attached hydrogens (tertiary/aromatic N) is 2. The van der Waals surface area contributed by atoms with Gasteiger partial charge in [0.15, 0.2) is 0 Å². The van der Waals surface area contributed by atoms with Crippen LogP contribution in [0.15, 0.2) is 34.9 Å². The third kappa shape index (κ3) is 6.55. The van der Waals surface area contributed by atoms with Crippen LogP contribution in [0.5, 0.6) is 0 Å². The SMILES string of the molecule is CCCCCN(CCC(=O)NCc1ccccn1)C(=O)c1cc(C)oc1C. The van der Waals surface area contributed by atoms with Crippen LogP contribution in [0.1, 0.15) is 60.2 Å². The second-order valence-electron chi connectivity index (χ2n) is 6.67. The lowest BCUT2D eigenvalue weighted by Crippen LogP contribution is -2.36. The Bertz CT molecular complexity index is 740. The molecule has 0 aliphatic carbocycles. The summed E-state index contributed by atoms with van der Waals surface area (Å²) in [5.41, 5.74) is 1.39. The van der Waals surface area contributed by atoms with Crippen molar-refractivity contribution in [2.45, 2.75) is 53.0 Å². The molecule has 0 saturated heterocycles. The van der Waals surface area contributed by atoms with Crippen LogP contribution < -0.4 is 5.32 Å². The molecule has 0 fully saturated rings. The molecule has 1 N–H and O–H groups in total. The average Bonchev–Trinajstić information content (AvgIpc) is 3.01. The fourth-order valence-electron chi connectivity index (χ4n) is 2.90. The Balaban J connectivity index is 1.92. The van der Waals surface area contributed by atoms with Crippen molar-refractivity contribution in [3.63, 3.8) is 0 Å². The van der Waals surface area contributed by atoms with E-state index in [2.05, 4.69) is 17.2 Å². The van der Waals surface area contributed by atoms with Gasteiger partial charge in [0.05, 0.1) is 17.8 Å². The van der Waals surface area contributed by atoms with E-state index in [9.17, 15) is 9.59 Å². The molecule has 0 saturated carbocycles. The van der Waals surface area contributed by atoms with Crippen molar-refractivity contribution < 1.29 is 14.0 Å². The van der Waals surface area contributed by atoms with E-state index in [1.807, 2.05) is 25.1 Å². The lowest BCUT2D eigenvalue weighted by molar-refractivity contribution is -0.121. The van der Waals surface area contributed by atoms with Gasteiger partial charge in [0.25, 0.3) is 5.91 Å². The highest BCUT2D eigenvalue weighted by Crippen LogP contribution is 2.17. The second-order valence-corrected chi connectivity index (χ2v) is 6.67. The summed E-state index contributed by atoms with van der Waals surface area (Å²) in [6, 6.07) is 7.36. The summed E-state index contributed by atoms with van der Waals surface area (Å²) in [5.74, 6) is 1.18. The number of unbranched alkanes of at least 4 members (excludes halogenated alkanes) is 2. The van der Waals surface area contributed by atoms with E-state index >= 15 is 0 Å². The summed E-state index contributed by atoms with van der Waals surface area (Å²) in [6.07, 6.45) is 5.02. The summed E-state index contributed by atoms with van der Waals surface area (Å²) in [5, 5.41) is 2.86. The minimum atomic E-state index is -0.0889. The molecule has 0 bridgehead atoms. The van der Waals surface area contributed by atoms with Crippen molar-refractivity contribution in [1.82, 2.24) is 15.2 Å². The summed E-state index contributed by atoms with van der Waals surface area (Å²) < 4.78 is 5.49. The molecule has 6 heteroatoms. The number of nitrogens with one attached hydrogen (secondary N) is 1. The van der Waals surface area contributed by atoms with Crippen molar-refractivity contribution in [1.29, 1.82) is 0 Å². The summed E-state index contributed by atoms with van der Waals surface area (Å²) in [4.78, 5) is 31.0. The minimum Gasteiger partial charge on any atom is -0.466 e. The fourth-order valence-corrected chi connectivity index (χ4v) is 2.90. The summed E-state index contributed by atoms with van der Waals surface area (Å²) >= 11 is 0. The topological polar surface area (TPSA) is 75.4 Å². The maximum absolute atomic E-state index is 12.9. The lowest BCUT2D eigenvalue weighted by Gasteiger charge is -2.22. The van der Waals surface area contributed by atoms with Crippen molar-refractivity contribution in [2.75, 3.05) is 13.1 Å². The van der Waals surface area contributed by atoms with Crippen LogP contribution in [0.4, 0.5) is 0 Å². The van der Waals surface area contributed by atoms with Gasteiger partial charge in [-0.25, -0.2) is 0 Å². The highest BCUT2D eigenvalue weighted by Gasteiger charge is 2.21. The number of carbonyl (C=O) groups is 2. The van der Waals surface area contributed by atoms with E-state index in [1.165, 1.54) is 0 Å². The van der Waals surface area contributed by atoms with Crippen molar-refractivity contribution in [3.8, 4) is 0 Å². The molecule has 2 aromatic heterocycles. The molecule has 2 amide bonds. The highest BCUT2D eigenvalue weighted by atomic mass is 16.3. The molecule has 0 unspecified atom stereocenters. The maximum Gasteiger partial charge on any atom is 0.257 e. The first-order chi connectivity index (χ1) is 13.0. The van der Waals surface area contributed by atoms with Gasteiger partial charge >= 0.3 is 0 Å². The monoisotopic (exact) mass is 371 g/mol. The zero-order valence-corrected chi connectivity index (χ0v) is 16.5. The molecule has 0 aliphatic heterocycles. The first kappa shape index (κ1) is 20.7. The van der Waals surface area contributed by atoms with Crippen LogP contribution in [0, 0.1) is 13.8 Å². The van der Waals surface area contributed by atoms with E-state index < -0.39 is 0 Å². The van der Waals surface area contributed by atoms with Crippen LogP contribution in [-0.4, -0.2) is 34.8 Å². The quantitative estimate of drug-likeness (QED) is 0.647. The predicted molar refractivity (Wildman–Crippen MR) is 104 cm³/mol. The van der Waals surface area contributed by atoms with E-state index in [-0.39, 0.29) is 18.2 Å². The van der Waals surface area contributed by atoms with Crippen LogP contribution in [0.3, 0.4) is 0 Å². The highest BCUT2D eigenvalue weighted by molar-refractivity contribution is 5.95. The molecule has 27 heavy (non-hydrogen) atoms. The van der Waals surface area contributed by atoms with Gasteiger partial charge in [-0.3, -0.25) is 14.6 Å². The lowest BCUT2D eigenvalue weighted by atomic mass is 10.2. The first-order valence-corrected chi connectivity index (χ1v) is 9.54. The number of pyridine rings is 1. The third-order valence-corrected chi connectivity index (χ3v) is 4.39. The molecule has 0 aromatic carbocycles. The number of carbonyl (C=O) groups excluding carboxylic acids is 2. The smallest absolute Gasteiger partial charge is 0.257 e. The zero-order chi connectivity index (χ0) is 19.6. The molecular formula is C21H29N3O3. The molecule has 2 rings (SSSR count). The van der Waals surface area contributed by atoms with E-state index in [1.54, 1.807) is 24.1 Å². The van der Waals surface area contributed by atoms with Gasteiger partial charge in [0.1, 0.15) is 11.5 Å². The number of hydrogen-bond donors (Lipinski definition) is 1. The molecule has 146 valence electrons. The van der Waals surface area contributed by atoms with Crippen LogP contribution in [0.25, 0.3) is 0 Å². The Kier molecular flexibility index (Phi) is 8.04. The number of aryl methyl sites for hydroxylation is 2. The fraction of sp³-hybridized carbons (Fsp3) is 0.476. The number of furan rings is 1. The normalized spacial score (nSPS) is 10.6. The van der Waals surface area contributed by atoms with Gasteiger partial charge in [-0.2, -0.15) is 0 Å². The molecule has 0 atom stereocenters. The Hall–Kier alpha value is -2.63. The van der Waals surface area contributed by atoms with Gasteiger partial charge < -0.3 is 14.6 Å². The molecule has 6 nitrogen and oxygen atoms in total. The molecular weight excluding hydrogens is 342 g/mol.